The highest BCUT2D eigenvalue weighted by Crippen LogP contribution is 2.03. The van der Waals surface area contributed by atoms with Crippen molar-refractivity contribution in [2.24, 2.45) is 5.92 Å². The summed E-state index contributed by atoms with van der Waals surface area (Å²) in [6.07, 6.45) is 1.77. The monoisotopic (exact) mass is 183 g/mol. The van der Waals surface area contributed by atoms with Crippen molar-refractivity contribution in [1.29, 1.82) is 0 Å². The van der Waals surface area contributed by atoms with Gasteiger partial charge in [0.2, 0.25) is 0 Å². The van der Waals surface area contributed by atoms with Gasteiger partial charge in [0.1, 0.15) is 12.2 Å². The van der Waals surface area contributed by atoms with Crippen LogP contribution in [0.1, 0.15) is 26.6 Å². The molecular formula is C9H17N3O. The Morgan fingerprint density at radius 1 is 1.46 bits per heavy atom. The Morgan fingerprint density at radius 2 is 2.15 bits per heavy atom. The summed E-state index contributed by atoms with van der Waals surface area (Å²) in [6, 6.07) is 0. The lowest BCUT2D eigenvalue weighted by Crippen LogP contribution is -2.14. The number of rotatable bonds is 4. The molecule has 0 aliphatic heterocycles. The van der Waals surface area contributed by atoms with Crippen LogP contribution in [0.2, 0.25) is 0 Å². The maximum absolute atomic E-state index is 9.20. The van der Waals surface area contributed by atoms with Gasteiger partial charge in [-0.2, -0.15) is 5.10 Å². The first kappa shape index (κ1) is 10.2. The Kier molecular flexibility index (Phi) is 3.42. The molecule has 4 nitrogen and oxygen atoms in total. The molecule has 0 spiro atoms. The quantitative estimate of drug-likeness (QED) is 0.753. The summed E-state index contributed by atoms with van der Waals surface area (Å²) < 4.78 is 1.86. The van der Waals surface area contributed by atoms with Crippen LogP contribution < -0.4 is 0 Å². The minimum atomic E-state index is -0.352. The number of nitrogens with zero attached hydrogens (tertiary/aromatic N) is 3. The summed E-state index contributed by atoms with van der Waals surface area (Å²) in [5.41, 5.74) is 0. The van der Waals surface area contributed by atoms with Crippen LogP contribution in [0.3, 0.4) is 0 Å². The average Bonchev–Trinajstić information content (AvgIpc) is 2.34. The molecule has 1 unspecified atom stereocenters. The van der Waals surface area contributed by atoms with Crippen molar-refractivity contribution in [2.75, 3.05) is 0 Å². The number of hydrogen-bond donors (Lipinski definition) is 1. The van der Waals surface area contributed by atoms with E-state index in [2.05, 4.69) is 23.9 Å². The molecule has 0 aromatic carbocycles. The first-order chi connectivity index (χ1) is 6.09. The van der Waals surface area contributed by atoms with E-state index in [4.69, 9.17) is 0 Å². The van der Waals surface area contributed by atoms with Crippen LogP contribution in [-0.2, 0) is 13.0 Å². The third-order valence-electron chi connectivity index (χ3n) is 1.71. The van der Waals surface area contributed by atoms with Crippen LogP contribution in [0, 0.1) is 5.92 Å². The standard InChI is InChI=1S/C9H17N3O/c1-7(2)5-12-9(4-8(3)13)10-6-11-12/h6-8,13H,4-5H2,1-3H3. The van der Waals surface area contributed by atoms with Gasteiger partial charge in [-0.15, -0.1) is 0 Å². The Morgan fingerprint density at radius 3 is 2.69 bits per heavy atom. The fraction of sp³-hybridized carbons (Fsp3) is 0.778. The summed E-state index contributed by atoms with van der Waals surface area (Å²) in [7, 11) is 0. The predicted octanol–water partition coefficient (Wildman–Crippen LogP) is 0.857. The molecule has 1 aromatic rings. The third kappa shape index (κ3) is 3.14. The normalized spacial score (nSPS) is 13.6. The topological polar surface area (TPSA) is 50.9 Å². The van der Waals surface area contributed by atoms with Gasteiger partial charge in [0.25, 0.3) is 0 Å². The summed E-state index contributed by atoms with van der Waals surface area (Å²) >= 11 is 0. The molecule has 0 fully saturated rings. The van der Waals surface area contributed by atoms with Gasteiger partial charge >= 0.3 is 0 Å². The van der Waals surface area contributed by atoms with Crippen molar-refractivity contribution in [3.05, 3.63) is 12.2 Å². The second-order valence-electron chi connectivity index (χ2n) is 3.81. The molecule has 4 heteroatoms. The number of hydrogen-bond acceptors (Lipinski definition) is 3. The molecule has 0 saturated carbocycles. The fourth-order valence-corrected chi connectivity index (χ4v) is 1.21. The van der Waals surface area contributed by atoms with Crippen molar-refractivity contribution >= 4 is 0 Å². The minimum Gasteiger partial charge on any atom is -0.393 e. The lowest BCUT2D eigenvalue weighted by atomic mass is 10.2. The van der Waals surface area contributed by atoms with Crippen LogP contribution in [0.15, 0.2) is 6.33 Å². The smallest absolute Gasteiger partial charge is 0.138 e. The van der Waals surface area contributed by atoms with E-state index in [0.29, 0.717) is 12.3 Å². The zero-order valence-electron chi connectivity index (χ0n) is 8.44. The number of aliphatic hydroxyl groups is 1. The number of aromatic nitrogens is 3. The molecule has 1 N–H and O–H groups in total. The SMILES string of the molecule is CC(C)Cn1ncnc1CC(C)O. The van der Waals surface area contributed by atoms with Crippen molar-refractivity contribution in [3.8, 4) is 0 Å². The van der Waals surface area contributed by atoms with Gasteiger partial charge in [-0.25, -0.2) is 9.67 Å². The first-order valence-electron chi connectivity index (χ1n) is 4.64. The second-order valence-corrected chi connectivity index (χ2v) is 3.81. The van der Waals surface area contributed by atoms with E-state index in [-0.39, 0.29) is 6.10 Å². The van der Waals surface area contributed by atoms with Crippen molar-refractivity contribution < 1.29 is 5.11 Å². The zero-order chi connectivity index (χ0) is 9.84. The molecule has 74 valence electrons. The molecule has 0 saturated heterocycles. The van der Waals surface area contributed by atoms with Crippen LogP contribution in [-0.4, -0.2) is 26.0 Å². The van der Waals surface area contributed by atoms with E-state index in [1.807, 2.05) is 4.68 Å². The lowest BCUT2D eigenvalue weighted by molar-refractivity contribution is 0.190. The highest BCUT2D eigenvalue weighted by atomic mass is 16.3. The molecule has 1 aromatic heterocycles. The second kappa shape index (κ2) is 4.37. The molecule has 0 aliphatic rings. The summed E-state index contributed by atoms with van der Waals surface area (Å²) in [6.45, 7) is 6.89. The molecular weight excluding hydrogens is 166 g/mol. The molecule has 0 radical (unpaired) electrons. The highest BCUT2D eigenvalue weighted by Gasteiger charge is 2.08. The van der Waals surface area contributed by atoms with E-state index in [9.17, 15) is 5.11 Å². The molecule has 1 heterocycles. The first-order valence-corrected chi connectivity index (χ1v) is 4.64. The van der Waals surface area contributed by atoms with Gasteiger partial charge < -0.3 is 5.11 Å². The van der Waals surface area contributed by atoms with Crippen LogP contribution >= 0.6 is 0 Å². The maximum atomic E-state index is 9.20. The Labute approximate surface area is 78.6 Å². The molecule has 0 amide bonds. The van der Waals surface area contributed by atoms with Crippen molar-refractivity contribution in [3.63, 3.8) is 0 Å². The summed E-state index contributed by atoms with van der Waals surface area (Å²) in [4.78, 5) is 4.10. The highest BCUT2D eigenvalue weighted by molar-refractivity contribution is 4.86. The van der Waals surface area contributed by atoms with Crippen molar-refractivity contribution in [2.45, 2.75) is 39.8 Å². The summed E-state index contributed by atoms with van der Waals surface area (Å²) in [5, 5.41) is 13.3. The largest absolute Gasteiger partial charge is 0.393 e. The predicted molar refractivity (Wildman–Crippen MR) is 50.2 cm³/mol. The van der Waals surface area contributed by atoms with Gasteiger partial charge in [-0.05, 0) is 12.8 Å². The molecule has 1 rings (SSSR count). The molecule has 0 aliphatic carbocycles. The fourth-order valence-electron chi connectivity index (χ4n) is 1.21. The minimum absolute atomic E-state index is 0.352. The summed E-state index contributed by atoms with van der Waals surface area (Å²) in [5.74, 6) is 1.41. The van der Waals surface area contributed by atoms with E-state index in [1.165, 1.54) is 0 Å². The van der Waals surface area contributed by atoms with E-state index < -0.39 is 0 Å². The zero-order valence-corrected chi connectivity index (χ0v) is 8.44. The Bertz CT molecular complexity index is 231. The Balaban J connectivity index is 2.65. The van der Waals surface area contributed by atoms with E-state index in [0.717, 1.165) is 12.4 Å². The number of aliphatic hydroxyl groups excluding tert-OH is 1. The average molecular weight is 183 g/mol. The van der Waals surface area contributed by atoms with Crippen LogP contribution in [0.5, 0.6) is 0 Å². The molecule has 1 atom stereocenters. The lowest BCUT2D eigenvalue weighted by Gasteiger charge is -2.09. The molecule has 13 heavy (non-hydrogen) atoms. The Hall–Kier alpha value is -0.900. The maximum Gasteiger partial charge on any atom is 0.138 e. The van der Waals surface area contributed by atoms with Gasteiger partial charge in [-0.3, -0.25) is 0 Å². The van der Waals surface area contributed by atoms with Crippen LogP contribution in [0.4, 0.5) is 0 Å². The van der Waals surface area contributed by atoms with Crippen LogP contribution in [0.25, 0.3) is 0 Å². The van der Waals surface area contributed by atoms with Gasteiger partial charge in [0.05, 0.1) is 6.10 Å². The van der Waals surface area contributed by atoms with Crippen molar-refractivity contribution in [1.82, 2.24) is 14.8 Å². The van der Waals surface area contributed by atoms with Gasteiger partial charge in [-0.1, -0.05) is 13.8 Å². The van der Waals surface area contributed by atoms with E-state index >= 15 is 0 Å². The van der Waals surface area contributed by atoms with Gasteiger partial charge in [0.15, 0.2) is 0 Å². The molecule has 0 bridgehead atoms. The van der Waals surface area contributed by atoms with Gasteiger partial charge in [0, 0.05) is 13.0 Å². The third-order valence-corrected chi connectivity index (χ3v) is 1.71. The van der Waals surface area contributed by atoms with E-state index in [1.54, 1.807) is 13.3 Å².